The van der Waals surface area contributed by atoms with E-state index in [-0.39, 0.29) is 17.9 Å². The number of carboxylic acid groups (broad SMARTS) is 1. The van der Waals surface area contributed by atoms with Gasteiger partial charge in [-0.3, -0.25) is 9.88 Å². The summed E-state index contributed by atoms with van der Waals surface area (Å²) >= 11 is 0. The van der Waals surface area contributed by atoms with Crippen molar-refractivity contribution in [1.29, 1.82) is 0 Å². The Kier molecular flexibility index (Phi) is 4.70. The highest BCUT2D eigenvalue weighted by Gasteiger charge is 2.13. The lowest BCUT2D eigenvalue weighted by atomic mass is 10.1. The van der Waals surface area contributed by atoms with Gasteiger partial charge in [0.1, 0.15) is 19.3 Å². The Balaban J connectivity index is 1.78. The van der Waals surface area contributed by atoms with Crippen LogP contribution in [-0.2, 0) is 11.3 Å². The van der Waals surface area contributed by atoms with Crippen LogP contribution in [-0.4, -0.2) is 31.9 Å². The Morgan fingerprint density at radius 2 is 1.80 bits per heavy atom. The molecule has 25 heavy (non-hydrogen) atoms. The van der Waals surface area contributed by atoms with Gasteiger partial charge in [-0.2, -0.15) is 0 Å². The molecule has 0 aliphatic rings. The van der Waals surface area contributed by atoms with Crippen molar-refractivity contribution in [2.45, 2.75) is 6.61 Å². The van der Waals surface area contributed by atoms with Gasteiger partial charge in [-0.1, -0.05) is 30.3 Å². The number of carbonyl (C=O) groups excluding carboxylic acids is 1. The molecule has 0 fully saturated rings. The van der Waals surface area contributed by atoms with Gasteiger partial charge in [-0.05, 0) is 23.8 Å². The zero-order chi connectivity index (χ0) is 17.6. The highest BCUT2D eigenvalue weighted by molar-refractivity contribution is 5.93. The smallest absolute Gasteiger partial charge is 0.412 e. The summed E-state index contributed by atoms with van der Waals surface area (Å²) in [5.41, 5.74) is 1.68. The number of hydrogen-bond donors (Lipinski definition) is 2. The van der Waals surface area contributed by atoms with E-state index in [1.54, 1.807) is 10.6 Å². The van der Waals surface area contributed by atoms with Crippen LogP contribution < -0.4 is 5.32 Å². The van der Waals surface area contributed by atoms with Crippen molar-refractivity contribution in [3.05, 3.63) is 72.3 Å². The molecule has 0 saturated heterocycles. The van der Waals surface area contributed by atoms with E-state index in [2.05, 4.69) is 15.5 Å². The Hall–Kier alpha value is -3.68. The monoisotopic (exact) mass is 338 g/mol. The van der Waals surface area contributed by atoms with Gasteiger partial charge >= 0.3 is 12.1 Å². The van der Waals surface area contributed by atoms with Crippen LogP contribution in [0.3, 0.4) is 0 Å². The molecule has 3 aromatic rings. The van der Waals surface area contributed by atoms with Gasteiger partial charge in [0.05, 0.1) is 16.9 Å². The van der Waals surface area contributed by atoms with Crippen LogP contribution in [0.2, 0.25) is 0 Å². The fraction of sp³-hybridized carbons (Fsp3) is 0.0588. The highest BCUT2D eigenvalue weighted by Crippen LogP contribution is 2.22. The molecule has 0 bridgehead atoms. The van der Waals surface area contributed by atoms with Gasteiger partial charge < -0.3 is 9.84 Å². The topological polar surface area (TPSA) is 106 Å². The van der Waals surface area contributed by atoms with Crippen molar-refractivity contribution in [2.24, 2.45) is 0 Å². The molecule has 0 aliphatic carbocycles. The molecule has 1 aromatic heterocycles. The fourth-order valence-corrected chi connectivity index (χ4v) is 2.19. The summed E-state index contributed by atoms with van der Waals surface area (Å²) in [5.74, 6) is -1.10. The fourth-order valence-electron chi connectivity index (χ4n) is 2.19. The Morgan fingerprint density at radius 3 is 2.48 bits per heavy atom. The second-order valence-corrected chi connectivity index (χ2v) is 5.09. The minimum absolute atomic E-state index is 0.0372. The number of amides is 1. The van der Waals surface area contributed by atoms with Gasteiger partial charge in [0.2, 0.25) is 0 Å². The first-order valence-electron chi connectivity index (χ1n) is 7.33. The van der Waals surface area contributed by atoms with Gasteiger partial charge in [-0.15, -0.1) is 10.2 Å². The van der Waals surface area contributed by atoms with Crippen LogP contribution in [0.5, 0.6) is 0 Å². The number of aromatic nitrogens is 3. The first-order chi connectivity index (χ1) is 12.1. The number of ether oxygens (including phenoxy) is 1. The molecular weight excluding hydrogens is 324 g/mol. The van der Waals surface area contributed by atoms with Crippen molar-refractivity contribution >= 4 is 17.7 Å². The molecule has 1 heterocycles. The van der Waals surface area contributed by atoms with E-state index in [0.29, 0.717) is 5.69 Å². The SMILES string of the molecule is O=C(Nc1cc(C(=O)O)ccc1-n1cnnc1)OCc1ccccc1. The summed E-state index contributed by atoms with van der Waals surface area (Å²) in [6.07, 6.45) is 2.19. The maximum atomic E-state index is 12.1. The van der Waals surface area contributed by atoms with E-state index >= 15 is 0 Å². The molecule has 0 saturated carbocycles. The third-order valence-corrected chi connectivity index (χ3v) is 3.39. The van der Waals surface area contributed by atoms with Crippen LogP contribution in [0.15, 0.2) is 61.2 Å². The summed E-state index contributed by atoms with van der Waals surface area (Å²) in [6.45, 7) is 0.104. The van der Waals surface area contributed by atoms with Crippen molar-refractivity contribution in [1.82, 2.24) is 14.8 Å². The van der Waals surface area contributed by atoms with E-state index in [4.69, 9.17) is 9.84 Å². The standard InChI is InChI=1S/C17H14N4O4/c22-16(23)13-6-7-15(21-10-18-19-11-21)14(8-13)20-17(24)25-9-12-4-2-1-3-5-12/h1-8,10-11H,9H2,(H,20,24)(H,22,23). The highest BCUT2D eigenvalue weighted by atomic mass is 16.5. The molecule has 0 unspecified atom stereocenters. The van der Waals surface area contributed by atoms with Crippen LogP contribution in [0, 0.1) is 0 Å². The van der Waals surface area contributed by atoms with Crippen molar-refractivity contribution in [2.75, 3.05) is 5.32 Å². The summed E-state index contributed by atoms with van der Waals surface area (Å²) in [6, 6.07) is 13.6. The number of benzene rings is 2. The molecule has 0 aliphatic heterocycles. The zero-order valence-electron chi connectivity index (χ0n) is 13.0. The van der Waals surface area contributed by atoms with E-state index in [1.807, 2.05) is 30.3 Å². The van der Waals surface area contributed by atoms with E-state index in [1.165, 1.54) is 24.8 Å². The van der Waals surface area contributed by atoms with Crippen molar-refractivity contribution in [3.8, 4) is 5.69 Å². The summed E-state index contributed by atoms with van der Waals surface area (Å²) in [5, 5.41) is 19.1. The summed E-state index contributed by atoms with van der Waals surface area (Å²) in [7, 11) is 0. The summed E-state index contributed by atoms with van der Waals surface area (Å²) < 4.78 is 6.72. The van der Waals surface area contributed by atoms with Crippen LogP contribution >= 0.6 is 0 Å². The minimum Gasteiger partial charge on any atom is -0.478 e. The van der Waals surface area contributed by atoms with Gasteiger partial charge in [0, 0.05) is 0 Å². The molecule has 0 spiro atoms. The Bertz CT molecular complexity index is 879. The number of aromatic carboxylic acids is 1. The molecule has 2 aromatic carbocycles. The van der Waals surface area contributed by atoms with Gasteiger partial charge in [0.15, 0.2) is 0 Å². The van der Waals surface area contributed by atoms with Crippen LogP contribution in [0.25, 0.3) is 5.69 Å². The maximum absolute atomic E-state index is 12.1. The number of rotatable bonds is 5. The number of hydrogen-bond acceptors (Lipinski definition) is 5. The van der Waals surface area contributed by atoms with Crippen molar-refractivity contribution < 1.29 is 19.4 Å². The predicted octanol–water partition coefficient (Wildman–Crippen LogP) is 2.71. The molecule has 3 rings (SSSR count). The first-order valence-corrected chi connectivity index (χ1v) is 7.33. The molecule has 0 atom stereocenters. The van der Waals surface area contributed by atoms with Gasteiger partial charge in [0.25, 0.3) is 0 Å². The van der Waals surface area contributed by atoms with Crippen molar-refractivity contribution in [3.63, 3.8) is 0 Å². The molecule has 1 amide bonds. The largest absolute Gasteiger partial charge is 0.478 e. The Morgan fingerprint density at radius 1 is 1.08 bits per heavy atom. The van der Waals surface area contributed by atoms with E-state index in [9.17, 15) is 9.59 Å². The lowest BCUT2D eigenvalue weighted by Crippen LogP contribution is -2.15. The maximum Gasteiger partial charge on any atom is 0.412 e. The number of carboxylic acids is 1. The molecule has 8 nitrogen and oxygen atoms in total. The minimum atomic E-state index is -1.10. The van der Waals surface area contributed by atoms with Crippen LogP contribution in [0.4, 0.5) is 10.5 Å². The lowest BCUT2D eigenvalue weighted by molar-refractivity contribution is 0.0696. The normalized spacial score (nSPS) is 10.2. The molecule has 8 heteroatoms. The molecule has 0 radical (unpaired) electrons. The predicted molar refractivity (Wildman–Crippen MR) is 88.6 cm³/mol. The number of carbonyl (C=O) groups is 2. The average molecular weight is 338 g/mol. The molecule has 126 valence electrons. The molecule has 2 N–H and O–H groups in total. The Labute approximate surface area is 142 Å². The number of nitrogens with one attached hydrogen (secondary N) is 1. The van der Waals surface area contributed by atoms with E-state index < -0.39 is 12.1 Å². The first kappa shape index (κ1) is 16.2. The average Bonchev–Trinajstić information content (AvgIpc) is 3.15. The lowest BCUT2D eigenvalue weighted by Gasteiger charge is -2.12. The van der Waals surface area contributed by atoms with Gasteiger partial charge in [-0.25, -0.2) is 9.59 Å². The number of nitrogens with zero attached hydrogens (tertiary/aromatic N) is 3. The van der Waals surface area contributed by atoms with E-state index in [0.717, 1.165) is 5.56 Å². The third kappa shape index (κ3) is 3.99. The third-order valence-electron chi connectivity index (χ3n) is 3.39. The number of anilines is 1. The second kappa shape index (κ2) is 7.26. The van der Waals surface area contributed by atoms with Crippen LogP contribution in [0.1, 0.15) is 15.9 Å². The second-order valence-electron chi connectivity index (χ2n) is 5.09. The quantitative estimate of drug-likeness (QED) is 0.741. The molecular formula is C17H14N4O4. The zero-order valence-corrected chi connectivity index (χ0v) is 13.0. The summed E-state index contributed by atoms with van der Waals surface area (Å²) in [4.78, 5) is 23.2.